The smallest absolute Gasteiger partial charge is 0.325 e. The molecule has 7 nitrogen and oxygen atoms in total. The van der Waals surface area contributed by atoms with E-state index in [-0.39, 0.29) is 12.6 Å². The second-order valence-corrected chi connectivity index (χ2v) is 5.23. The van der Waals surface area contributed by atoms with E-state index in [1.807, 2.05) is 0 Å². The molecule has 1 heterocycles. The maximum atomic E-state index is 12.3. The molecule has 0 aromatic rings. The van der Waals surface area contributed by atoms with Crippen LogP contribution in [-0.4, -0.2) is 66.2 Å². The van der Waals surface area contributed by atoms with E-state index in [2.05, 4.69) is 4.74 Å². The van der Waals surface area contributed by atoms with Crippen molar-refractivity contribution in [3.8, 4) is 0 Å². The fourth-order valence-corrected chi connectivity index (χ4v) is 2.14. The van der Waals surface area contributed by atoms with E-state index in [4.69, 9.17) is 5.11 Å². The van der Waals surface area contributed by atoms with Gasteiger partial charge in [0.1, 0.15) is 6.54 Å². The van der Waals surface area contributed by atoms with E-state index in [0.29, 0.717) is 32.5 Å². The Hall–Kier alpha value is -1.79. The molecular weight excluding hydrogens is 264 g/mol. The number of carbonyl (C=O) groups excluding carboxylic acids is 2. The van der Waals surface area contributed by atoms with E-state index in [0.717, 1.165) is 0 Å². The molecule has 0 spiro atoms. The molecule has 20 heavy (non-hydrogen) atoms. The zero-order valence-electron chi connectivity index (χ0n) is 12.2. The van der Waals surface area contributed by atoms with Crippen molar-refractivity contribution < 1.29 is 24.2 Å². The van der Waals surface area contributed by atoms with Crippen molar-refractivity contribution in [2.45, 2.75) is 26.7 Å². The van der Waals surface area contributed by atoms with Crippen LogP contribution in [0.2, 0.25) is 0 Å². The van der Waals surface area contributed by atoms with Gasteiger partial charge < -0.3 is 19.6 Å². The third-order valence-corrected chi connectivity index (χ3v) is 3.85. The number of urea groups is 1. The molecule has 1 fully saturated rings. The van der Waals surface area contributed by atoms with E-state index in [1.54, 1.807) is 18.7 Å². The highest BCUT2D eigenvalue weighted by molar-refractivity contribution is 5.81. The van der Waals surface area contributed by atoms with E-state index < -0.39 is 17.4 Å². The van der Waals surface area contributed by atoms with Crippen molar-refractivity contribution in [2.75, 3.05) is 33.3 Å². The van der Waals surface area contributed by atoms with E-state index in [9.17, 15) is 14.4 Å². The molecule has 1 aliphatic heterocycles. The molecular formula is C13H22N2O5. The highest BCUT2D eigenvalue weighted by Crippen LogP contribution is 2.31. The molecule has 1 rings (SSSR count). The Kier molecular flexibility index (Phi) is 5.35. The normalized spacial score (nSPS) is 17.4. The van der Waals surface area contributed by atoms with Crippen LogP contribution in [0, 0.1) is 5.41 Å². The average molecular weight is 286 g/mol. The molecule has 0 aromatic carbocycles. The molecule has 7 heteroatoms. The van der Waals surface area contributed by atoms with Crippen molar-refractivity contribution in [2.24, 2.45) is 5.41 Å². The number of carbonyl (C=O) groups is 3. The predicted molar refractivity (Wildman–Crippen MR) is 71.2 cm³/mol. The number of rotatable bonds is 4. The molecule has 1 saturated heterocycles. The second kappa shape index (κ2) is 6.58. The molecule has 0 radical (unpaired) electrons. The Morgan fingerprint density at radius 1 is 1.30 bits per heavy atom. The summed E-state index contributed by atoms with van der Waals surface area (Å²) in [5, 5.41) is 9.15. The number of amides is 2. The van der Waals surface area contributed by atoms with Crippen LogP contribution in [0.4, 0.5) is 4.79 Å². The van der Waals surface area contributed by atoms with E-state index in [1.165, 1.54) is 12.0 Å². The SMILES string of the molecule is CCN(CC(=O)OC)C(=O)N1CCC(C)(C(=O)O)CC1. The zero-order valence-corrected chi connectivity index (χ0v) is 12.2. The predicted octanol–water partition coefficient (Wildman–Crippen LogP) is 0.788. The van der Waals surface area contributed by atoms with Crippen LogP contribution in [0.15, 0.2) is 0 Å². The number of methoxy groups -OCH3 is 1. The number of aliphatic carboxylic acids is 1. The summed E-state index contributed by atoms with van der Waals surface area (Å²) < 4.78 is 4.56. The lowest BCUT2D eigenvalue weighted by Gasteiger charge is -2.38. The van der Waals surface area contributed by atoms with Crippen molar-refractivity contribution in [3.05, 3.63) is 0 Å². The first-order valence-corrected chi connectivity index (χ1v) is 6.68. The van der Waals surface area contributed by atoms with Gasteiger partial charge in [-0.15, -0.1) is 0 Å². The number of carboxylic acid groups (broad SMARTS) is 1. The Morgan fingerprint density at radius 2 is 1.85 bits per heavy atom. The molecule has 0 aromatic heterocycles. The number of likely N-dealkylation sites (N-methyl/N-ethyl adjacent to an activating group) is 1. The number of hydrogen-bond donors (Lipinski definition) is 1. The third kappa shape index (κ3) is 3.61. The van der Waals surface area contributed by atoms with Crippen LogP contribution in [-0.2, 0) is 14.3 Å². The highest BCUT2D eigenvalue weighted by Gasteiger charge is 2.38. The van der Waals surface area contributed by atoms with Gasteiger partial charge in [-0.25, -0.2) is 4.79 Å². The number of esters is 1. The van der Waals surface area contributed by atoms with E-state index >= 15 is 0 Å². The first kappa shape index (κ1) is 16.3. The number of piperidine rings is 1. The van der Waals surface area contributed by atoms with Crippen molar-refractivity contribution in [3.63, 3.8) is 0 Å². The first-order chi connectivity index (χ1) is 9.34. The number of carboxylic acids is 1. The van der Waals surface area contributed by atoms with Crippen LogP contribution in [0.3, 0.4) is 0 Å². The summed E-state index contributed by atoms with van der Waals surface area (Å²) in [4.78, 5) is 37.7. The van der Waals surface area contributed by atoms with Crippen LogP contribution >= 0.6 is 0 Å². The number of ether oxygens (including phenoxy) is 1. The monoisotopic (exact) mass is 286 g/mol. The zero-order chi connectivity index (χ0) is 15.3. The lowest BCUT2D eigenvalue weighted by molar-refractivity contribution is -0.150. The lowest BCUT2D eigenvalue weighted by Crippen LogP contribution is -2.51. The number of nitrogens with zero attached hydrogens (tertiary/aromatic N) is 2. The van der Waals surface area contributed by atoms with Crippen molar-refractivity contribution >= 4 is 18.0 Å². The van der Waals surface area contributed by atoms with Crippen molar-refractivity contribution in [1.82, 2.24) is 9.80 Å². The van der Waals surface area contributed by atoms with Crippen LogP contribution in [0.1, 0.15) is 26.7 Å². The topological polar surface area (TPSA) is 87.2 Å². The van der Waals surface area contributed by atoms with Gasteiger partial charge in [0, 0.05) is 19.6 Å². The molecule has 114 valence electrons. The molecule has 0 atom stereocenters. The standard InChI is InChI=1S/C13H22N2O5/c1-4-14(9-10(16)20-3)12(19)15-7-5-13(2,6-8-15)11(17)18/h4-9H2,1-3H3,(H,17,18). The van der Waals surface area contributed by atoms with Gasteiger partial charge in [0.05, 0.1) is 12.5 Å². The minimum absolute atomic E-state index is 0.0848. The molecule has 1 N–H and O–H groups in total. The molecule has 2 amide bonds. The van der Waals surface area contributed by atoms with Gasteiger partial charge >= 0.3 is 18.0 Å². The summed E-state index contributed by atoms with van der Waals surface area (Å²) in [7, 11) is 1.28. The molecule has 0 unspecified atom stereocenters. The van der Waals surface area contributed by atoms with Gasteiger partial charge in [0.2, 0.25) is 0 Å². The molecule has 0 saturated carbocycles. The van der Waals surface area contributed by atoms with Crippen LogP contribution in [0.5, 0.6) is 0 Å². The quantitative estimate of drug-likeness (QED) is 0.772. The summed E-state index contributed by atoms with van der Waals surface area (Å²) in [5.74, 6) is -1.29. The fraction of sp³-hybridized carbons (Fsp3) is 0.769. The van der Waals surface area contributed by atoms with Crippen LogP contribution < -0.4 is 0 Å². The van der Waals surface area contributed by atoms with Gasteiger partial charge in [-0.3, -0.25) is 9.59 Å². The van der Waals surface area contributed by atoms with Gasteiger partial charge in [-0.2, -0.15) is 0 Å². The minimum Gasteiger partial charge on any atom is -0.481 e. The molecule has 0 bridgehead atoms. The Bertz CT molecular complexity index is 388. The first-order valence-electron chi connectivity index (χ1n) is 6.68. The minimum atomic E-state index is -0.827. The van der Waals surface area contributed by atoms with Gasteiger partial charge in [-0.05, 0) is 26.7 Å². The summed E-state index contributed by atoms with van der Waals surface area (Å²) in [6, 6.07) is -0.245. The Balaban J connectivity index is 2.61. The van der Waals surface area contributed by atoms with Crippen LogP contribution in [0.25, 0.3) is 0 Å². The van der Waals surface area contributed by atoms with Crippen molar-refractivity contribution in [1.29, 1.82) is 0 Å². The largest absolute Gasteiger partial charge is 0.481 e. The second-order valence-electron chi connectivity index (χ2n) is 5.23. The summed E-state index contributed by atoms with van der Waals surface area (Å²) >= 11 is 0. The Labute approximate surface area is 118 Å². The Morgan fingerprint density at radius 3 is 2.25 bits per heavy atom. The third-order valence-electron chi connectivity index (χ3n) is 3.85. The maximum Gasteiger partial charge on any atom is 0.325 e. The van der Waals surface area contributed by atoms with Gasteiger partial charge in [0.15, 0.2) is 0 Å². The summed E-state index contributed by atoms with van der Waals surface area (Å²) in [5.41, 5.74) is -0.768. The van der Waals surface area contributed by atoms with Gasteiger partial charge in [-0.1, -0.05) is 0 Å². The summed E-state index contributed by atoms with van der Waals surface area (Å²) in [6.07, 6.45) is 0.841. The number of hydrogen-bond acceptors (Lipinski definition) is 4. The fourth-order valence-electron chi connectivity index (χ4n) is 2.14. The van der Waals surface area contributed by atoms with Gasteiger partial charge in [0.25, 0.3) is 0 Å². The average Bonchev–Trinajstić information content (AvgIpc) is 2.44. The number of likely N-dealkylation sites (tertiary alicyclic amines) is 1. The lowest BCUT2D eigenvalue weighted by atomic mass is 9.80. The summed E-state index contributed by atoms with van der Waals surface area (Å²) in [6.45, 7) is 4.58. The molecule has 0 aliphatic carbocycles. The maximum absolute atomic E-state index is 12.3. The highest BCUT2D eigenvalue weighted by atomic mass is 16.5. The molecule has 1 aliphatic rings.